The molecule has 0 bridgehead atoms. The highest BCUT2D eigenvalue weighted by atomic mass is 16.2. The molecule has 1 amide bonds. The van der Waals surface area contributed by atoms with Crippen LogP contribution >= 0.6 is 0 Å². The Balaban J connectivity index is 1.25. The number of carbonyl (C=O) groups excluding carboxylic acids is 1. The molecule has 1 aliphatic carbocycles. The molecule has 2 unspecified atom stereocenters. The van der Waals surface area contributed by atoms with Crippen molar-refractivity contribution in [1.29, 1.82) is 0 Å². The molecule has 158 valence electrons. The lowest BCUT2D eigenvalue weighted by Gasteiger charge is -2.44. The summed E-state index contributed by atoms with van der Waals surface area (Å²) in [4.78, 5) is 17.9. The molecule has 4 heteroatoms. The summed E-state index contributed by atoms with van der Waals surface area (Å²) in [5.41, 5.74) is 1.73. The van der Waals surface area contributed by atoms with Crippen molar-refractivity contribution in [2.45, 2.75) is 50.4 Å². The molecule has 0 radical (unpaired) electrons. The van der Waals surface area contributed by atoms with Crippen molar-refractivity contribution in [1.82, 2.24) is 15.1 Å². The van der Waals surface area contributed by atoms with Gasteiger partial charge in [-0.3, -0.25) is 4.79 Å². The second kappa shape index (κ2) is 8.39. The minimum absolute atomic E-state index is 0.240. The lowest BCUT2D eigenvalue weighted by molar-refractivity contribution is -0.137. The zero-order valence-electron chi connectivity index (χ0n) is 17.8. The van der Waals surface area contributed by atoms with E-state index in [0.717, 1.165) is 50.6 Å². The van der Waals surface area contributed by atoms with Crippen molar-refractivity contribution in [2.75, 3.05) is 45.8 Å². The number of fused-ring (bicyclic) bond motifs is 1. The van der Waals surface area contributed by atoms with Crippen LogP contribution in [0.3, 0.4) is 0 Å². The van der Waals surface area contributed by atoms with E-state index in [1.807, 2.05) is 0 Å². The first-order valence-corrected chi connectivity index (χ1v) is 12.0. The number of likely N-dealkylation sites (tertiary alicyclic amines) is 2. The number of nitrogens with one attached hydrogen (secondary N) is 1. The highest BCUT2D eigenvalue weighted by molar-refractivity contribution is 5.79. The summed E-state index contributed by atoms with van der Waals surface area (Å²) in [5.74, 6) is 2.50. The molecule has 3 saturated heterocycles. The molecule has 2 atom stereocenters. The normalized spacial score (nSPS) is 30.0. The standard InChI is InChI=1S/C25H37N3O/c29-24(20-6-4-5-7-20)28-14-11-25(12-15-28,23-8-2-1-3-9-23)10-13-27-18-21-16-26-17-22(21)19-27/h1-3,8-9,20-22,26H,4-7,10-19H2. The summed E-state index contributed by atoms with van der Waals surface area (Å²) in [6, 6.07) is 11.2. The van der Waals surface area contributed by atoms with E-state index in [-0.39, 0.29) is 5.41 Å². The van der Waals surface area contributed by atoms with Gasteiger partial charge in [0.05, 0.1) is 0 Å². The maximum Gasteiger partial charge on any atom is 0.225 e. The lowest BCUT2D eigenvalue weighted by Crippen LogP contribution is -2.48. The van der Waals surface area contributed by atoms with E-state index in [1.54, 1.807) is 0 Å². The van der Waals surface area contributed by atoms with Gasteiger partial charge in [-0.25, -0.2) is 0 Å². The van der Waals surface area contributed by atoms with E-state index < -0.39 is 0 Å². The number of nitrogens with zero attached hydrogens (tertiary/aromatic N) is 2. The molecule has 0 aromatic heterocycles. The lowest BCUT2D eigenvalue weighted by atomic mass is 9.70. The van der Waals surface area contributed by atoms with Gasteiger partial charge >= 0.3 is 0 Å². The summed E-state index contributed by atoms with van der Waals surface area (Å²) in [6.45, 7) is 8.06. The largest absolute Gasteiger partial charge is 0.342 e. The monoisotopic (exact) mass is 395 g/mol. The Morgan fingerprint density at radius 1 is 1.00 bits per heavy atom. The smallest absolute Gasteiger partial charge is 0.225 e. The van der Waals surface area contributed by atoms with Crippen LogP contribution in [0.25, 0.3) is 0 Å². The van der Waals surface area contributed by atoms with Crippen molar-refractivity contribution in [3.63, 3.8) is 0 Å². The number of hydrogen-bond acceptors (Lipinski definition) is 3. The van der Waals surface area contributed by atoms with Crippen LogP contribution in [0.4, 0.5) is 0 Å². The molecule has 5 rings (SSSR count). The van der Waals surface area contributed by atoms with Crippen molar-refractivity contribution in [2.24, 2.45) is 17.8 Å². The highest BCUT2D eigenvalue weighted by Crippen LogP contribution is 2.40. The molecule has 0 spiro atoms. The molecule has 4 fully saturated rings. The van der Waals surface area contributed by atoms with E-state index in [4.69, 9.17) is 0 Å². The van der Waals surface area contributed by atoms with E-state index in [0.29, 0.717) is 11.8 Å². The number of piperidine rings is 1. The van der Waals surface area contributed by atoms with Crippen LogP contribution in [-0.2, 0) is 10.2 Å². The number of carbonyl (C=O) groups is 1. The average molecular weight is 396 g/mol. The molecule has 1 N–H and O–H groups in total. The van der Waals surface area contributed by atoms with Crippen molar-refractivity contribution >= 4 is 5.91 Å². The van der Waals surface area contributed by atoms with Crippen molar-refractivity contribution < 1.29 is 4.79 Å². The van der Waals surface area contributed by atoms with Crippen LogP contribution in [0, 0.1) is 17.8 Å². The number of benzene rings is 1. The molecule has 29 heavy (non-hydrogen) atoms. The van der Waals surface area contributed by atoms with Crippen LogP contribution in [0.1, 0.15) is 50.5 Å². The fraction of sp³-hybridized carbons (Fsp3) is 0.720. The first-order chi connectivity index (χ1) is 14.2. The molecular formula is C25H37N3O. The Hall–Kier alpha value is -1.39. The maximum atomic E-state index is 12.9. The molecule has 4 nitrogen and oxygen atoms in total. The third-order valence-electron chi connectivity index (χ3n) is 8.49. The highest BCUT2D eigenvalue weighted by Gasteiger charge is 2.41. The van der Waals surface area contributed by atoms with Crippen LogP contribution in [0.2, 0.25) is 0 Å². The number of hydrogen-bond donors (Lipinski definition) is 1. The van der Waals surface area contributed by atoms with Crippen molar-refractivity contribution in [3.05, 3.63) is 35.9 Å². The molecule has 1 aromatic rings. The fourth-order valence-electron chi connectivity index (χ4n) is 6.57. The van der Waals surface area contributed by atoms with Crippen LogP contribution in [-0.4, -0.2) is 61.5 Å². The van der Waals surface area contributed by atoms with Crippen LogP contribution in [0.15, 0.2) is 30.3 Å². The van der Waals surface area contributed by atoms with Gasteiger partial charge in [0.15, 0.2) is 0 Å². The summed E-state index contributed by atoms with van der Waals surface area (Å²) in [7, 11) is 0. The van der Waals surface area contributed by atoms with Gasteiger partial charge in [-0.15, -0.1) is 0 Å². The Kier molecular flexibility index (Phi) is 5.66. The second-order valence-electron chi connectivity index (χ2n) is 10.1. The number of rotatable bonds is 5. The van der Waals surface area contributed by atoms with E-state index in [2.05, 4.69) is 45.4 Å². The molecule has 1 saturated carbocycles. The Morgan fingerprint density at radius 3 is 2.31 bits per heavy atom. The van der Waals surface area contributed by atoms with E-state index in [9.17, 15) is 4.79 Å². The minimum Gasteiger partial charge on any atom is -0.342 e. The van der Waals surface area contributed by atoms with Gasteiger partial charge in [-0.05, 0) is 74.6 Å². The second-order valence-corrected chi connectivity index (χ2v) is 10.1. The summed E-state index contributed by atoms with van der Waals surface area (Å²) in [6.07, 6.45) is 8.19. The van der Waals surface area contributed by atoms with Crippen molar-refractivity contribution in [3.8, 4) is 0 Å². The fourth-order valence-corrected chi connectivity index (χ4v) is 6.57. The predicted octanol–water partition coefficient (Wildman–Crippen LogP) is 3.28. The zero-order chi connectivity index (χ0) is 19.7. The quantitative estimate of drug-likeness (QED) is 0.831. The van der Waals surface area contributed by atoms with Crippen LogP contribution < -0.4 is 5.32 Å². The maximum absolute atomic E-state index is 12.9. The third kappa shape index (κ3) is 3.98. The van der Waals surface area contributed by atoms with Crippen LogP contribution in [0.5, 0.6) is 0 Å². The zero-order valence-corrected chi connectivity index (χ0v) is 17.8. The third-order valence-corrected chi connectivity index (χ3v) is 8.49. The van der Waals surface area contributed by atoms with Gasteiger partial charge in [-0.2, -0.15) is 0 Å². The molecule has 3 aliphatic heterocycles. The number of amides is 1. The van der Waals surface area contributed by atoms with E-state index >= 15 is 0 Å². The molecular weight excluding hydrogens is 358 g/mol. The summed E-state index contributed by atoms with van der Waals surface area (Å²) in [5, 5.41) is 3.56. The molecule has 3 heterocycles. The van der Waals surface area contributed by atoms with Gasteiger partial charge in [0.1, 0.15) is 0 Å². The topological polar surface area (TPSA) is 35.6 Å². The Labute approximate surface area is 176 Å². The average Bonchev–Trinajstić information content (AvgIpc) is 3.50. The Morgan fingerprint density at radius 2 is 1.66 bits per heavy atom. The van der Waals surface area contributed by atoms with Gasteiger partial charge in [0.25, 0.3) is 0 Å². The first kappa shape index (κ1) is 19.6. The van der Waals surface area contributed by atoms with E-state index in [1.165, 1.54) is 57.5 Å². The van der Waals surface area contributed by atoms with Gasteiger partial charge in [0, 0.05) is 32.1 Å². The summed E-state index contributed by atoms with van der Waals surface area (Å²) >= 11 is 0. The van der Waals surface area contributed by atoms with Gasteiger partial charge in [0.2, 0.25) is 5.91 Å². The molecule has 1 aromatic carbocycles. The van der Waals surface area contributed by atoms with Gasteiger partial charge < -0.3 is 15.1 Å². The minimum atomic E-state index is 0.240. The van der Waals surface area contributed by atoms with Gasteiger partial charge in [-0.1, -0.05) is 43.2 Å². The SMILES string of the molecule is O=C(C1CCCC1)N1CCC(CCN2CC3CNCC3C2)(c2ccccc2)CC1. The summed E-state index contributed by atoms with van der Waals surface area (Å²) < 4.78 is 0. The molecule has 4 aliphatic rings. The Bertz CT molecular complexity index is 679. The first-order valence-electron chi connectivity index (χ1n) is 12.0. The predicted molar refractivity (Wildman–Crippen MR) is 117 cm³/mol.